The predicted molar refractivity (Wildman–Crippen MR) is 53.8 cm³/mol. The largest absolute Gasteiger partial charge is 0.508 e. The Morgan fingerprint density at radius 3 is 2.87 bits per heavy atom. The Morgan fingerprint density at radius 1 is 1.53 bits per heavy atom. The Morgan fingerprint density at radius 2 is 2.27 bits per heavy atom. The third-order valence-electron chi connectivity index (χ3n) is 1.63. The molecule has 1 aromatic rings. The molecule has 0 saturated heterocycles. The SMILES string of the molecule is C#CCOc1cc(O)cc(C(=O)OC)c1. The third-order valence-corrected chi connectivity index (χ3v) is 1.63. The van der Waals surface area contributed by atoms with E-state index in [-0.39, 0.29) is 17.9 Å². The van der Waals surface area contributed by atoms with Crippen LogP contribution in [0.5, 0.6) is 11.5 Å². The van der Waals surface area contributed by atoms with Crippen LogP contribution >= 0.6 is 0 Å². The van der Waals surface area contributed by atoms with E-state index >= 15 is 0 Å². The molecule has 0 aromatic heterocycles. The molecular weight excluding hydrogens is 196 g/mol. The summed E-state index contributed by atoms with van der Waals surface area (Å²) in [5, 5.41) is 9.30. The molecule has 0 atom stereocenters. The number of rotatable bonds is 3. The average molecular weight is 206 g/mol. The Balaban J connectivity index is 2.95. The van der Waals surface area contributed by atoms with Gasteiger partial charge in [-0.3, -0.25) is 0 Å². The van der Waals surface area contributed by atoms with E-state index in [1.165, 1.54) is 25.3 Å². The molecule has 0 aliphatic carbocycles. The second-order valence-electron chi connectivity index (χ2n) is 2.70. The Kier molecular flexibility index (Phi) is 3.58. The number of phenolic OH excluding ortho intramolecular Hbond substituents is 1. The minimum atomic E-state index is -0.545. The van der Waals surface area contributed by atoms with Crippen molar-refractivity contribution in [3.8, 4) is 23.8 Å². The second kappa shape index (κ2) is 4.91. The number of hydrogen-bond donors (Lipinski definition) is 1. The monoisotopic (exact) mass is 206 g/mol. The summed E-state index contributed by atoms with van der Waals surface area (Å²) in [5.74, 6) is 1.98. The van der Waals surface area contributed by atoms with Gasteiger partial charge in [0.2, 0.25) is 0 Å². The fraction of sp³-hybridized carbons (Fsp3) is 0.182. The number of hydrogen-bond acceptors (Lipinski definition) is 4. The highest BCUT2D eigenvalue weighted by molar-refractivity contribution is 5.90. The minimum absolute atomic E-state index is 0.0735. The van der Waals surface area contributed by atoms with Gasteiger partial charge in [-0.15, -0.1) is 6.42 Å². The van der Waals surface area contributed by atoms with Crippen molar-refractivity contribution in [1.82, 2.24) is 0 Å². The highest BCUT2D eigenvalue weighted by Gasteiger charge is 2.08. The maximum Gasteiger partial charge on any atom is 0.338 e. The van der Waals surface area contributed by atoms with Gasteiger partial charge in [-0.1, -0.05) is 5.92 Å². The molecule has 0 spiro atoms. The predicted octanol–water partition coefficient (Wildman–Crippen LogP) is 1.19. The molecule has 0 saturated carbocycles. The number of aromatic hydroxyl groups is 1. The van der Waals surface area contributed by atoms with E-state index in [1.807, 2.05) is 0 Å². The number of esters is 1. The highest BCUT2D eigenvalue weighted by atomic mass is 16.5. The first-order valence-corrected chi connectivity index (χ1v) is 4.16. The minimum Gasteiger partial charge on any atom is -0.508 e. The molecule has 0 aliphatic heterocycles. The third kappa shape index (κ3) is 2.92. The number of ether oxygens (including phenoxy) is 2. The topological polar surface area (TPSA) is 55.8 Å². The molecule has 4 heteroatoms. The summed E-state index contributed by atoms with van der Waals surface area (Å²) in [6.07, 6.45) is 5.01. The molecule has 1 aromatic carbocycles. The van der Waals surface area contributed by atoms with Crippen molar-refractivity contribution >= 4 is 5.97 Å². The van der Waals surface area contributed by atoms with Crippen molar-refractivity contribution in [3.63, 3.8) is 0 Å². The van der Waals surface area contributed by atoms with Gasteiger partial charge in [0.15, 0.2) is 0 Å². The van der Waals surface area contributed by atoms with E-state index in [0.717, 1.165) is 0 Å². The number of methoxy groups -OCH3 is 1. The Bertz CT molecular complexity index is 404. The summed E-state index contributed by atoms with van der Waals surface area (Å²) in [5.41, 5.74) is 0.213. The fourth-order valence-corrected chi connectivity index (χ4v) is 1.03. The lowest BCUT2D eigenvalue weighted by Gasteiger charge is -2.05. The van der Waals surface area contributed by atoms with Crippen LogP contribution in [0.4, 0.5) is 0 Å². The molecule has 0 bridgehead atoms. The number of carbonyl (C=O) groups excluding carboxylic acids is 1. The zero-order chi connectivity index (χ0) is 11.3. The van der Waals surface area contributed by atoms with Crippen molar-refractivity contribution < 1.29 is 19.4 Å². The number of terminal acetylenes is 1. The lowest BCUT2D eigenvalue weighted by molar-refractivity contribution is 0.0600. The standard InChI is InChI=1S/C11H10O4/c1-3-4-15-10-6-8(11(13)14-2)5-9(12)7-10/h1,5-7,12H,4H2,2H3. The van der Waals surface area contributed by atoms with E-state index in [0.29, 0.717) is 5.75 Å². The van der Waals surface area contributed by atoms with Gasteiger partial charge in [-0.25, -0.2) is 4.79 Å². The zero-order valence-corrected chi connectivity index (χ0v) is 8.19. The molecule has 0 unspecified atom stereocenters. The zero-order valence-electron chi connectivity index (χ0n) is 8.19. The lowest BCUT2D eigenvalue weighted by Crippen LogP contribution is -2.02. The molecule has 0 heterocycles. The van der Waals surface area contributed by atoms with Crippen molar-refractivity contribution in [1.29, 1.82) is 0 Å². The first-order valence-electron chi connectivity index (χ1n) is 4.16. The van der Waals surface area contributed by atoms with Gasteiger partial charge in [0.1, 0.15) is 18.1 Å². The van der Waals surface area contributed by atoms with Crippen molar-refractivity contribution in [2.45, 2.75) is 0 Å². The first kappa shape index (κ1) is 10.9. The van der Waals surface area contributed by atoms with Gasteiger partial charge in [0, 0.05) is 6.07 Å². The van der Waals surface area contributed by atoms with Crippen LogP contribution in [0.3, 0.4) is 0 Å². The van der Waals surface area contributed by atoms with Crippen LogP contribution in [-0.2, 0) is 4.74 Å². The van der Waals surface area contributed by atoms with E-state index in [2.05, 4.69) is 10.7 Å². The highest BCUT2D eigenvalue weighted by Crippen LogP contribution is 2.22. The molecule has 15 heavy (non-hydrogen) atoms. The fourth-order valence-electron chi connectivity index (χ4n) is 1.03. The molecule has 0 aliphatic rings. The summed E-state index contributed by atoms with van der Waals surface area (Å²) in [6.45, 7) is 0.0735. The normalized spacial score (nSPS) is 9.07. The van der Waals surface area contributed by atoms with E-state index in [1.54, 1.807) is 0 Å². The first-order chi connectivity index (χ1) is 7.17. The summed E-state index contributed by atoms with van der Waals surface area (Å²) in [6, 6.07) is 4.10. The molecule has 0 amide bonds. The van der Waals surface area contributed by atoms with Crippen molar-refractivity contribution in [3.05, 3.63) is 23.8 Å². The van der Waals surface area contributed by atoms with Gasteiger partial charge >= 0.3 is 5.97 Å². The maximum absolute atomic E-state index is 11.2. The average Bonchev–Trinajstić information content (AvgIpc) is 2.24. The quantitative estimate of drug-likeness (QED) is 0.596. The van der Waals surface area contributed by atoms with Crippen molar-refractivity contribution in [2.75, 3.05) is 13.7 Å². The van der Waals surface area contributed by atoms with Crippen molar-refractivity contribution in [2.24, 2.45) is 0 Å². The van der Waals surface area contributed by atoms with E-state index in [9.17, 15) is 9.90 Å². The van der Waals surface area contributed by atoms with Gasteiger partial charge < -0.3 is 14.6 Å². The van der Waals surface area contributed by atoms with Crippen LogP contribution in [0.15, 0.2) is 18.2 Å². The maximum atomic E-state index is 11.2. The van der Waals surface area contributed by atoms with Gasteiger partial charge in [0.05, 0.1) is 12.7 Å². The molecular formula is C11H10O4. The molecule has 0 fully saturated rings. The smallest absolute Gasteiger partial charge is 0.338 e. The van der Waals surface area contributed by atoms with E-state index in [4.69, 9.17) is 11.2 Å². The Labute approximate surface area is 87.4 Å². The number of carbonyl (C=O) groups is 1. The van der Waals surface area contributed by atoms with Gasteiger partial charge in [-0.05, 0) is 12.1 Å². The van der Waals surface area contributed by atoms with Crippen LogP contribution in [0.1, 0.15) is 10.4 Å². The van der Waals surface area contributed by atoms with E-state index < -0.39 is 5.97 Å². The Hall–Kier alpha value is -2.15. The van der Waals surface area contributed by atoms with Crippen LogP contribution < -0.4 is 4.74 Å². The molecule has 1 N–H and O–H groups in total. The summed E-state index contributed by atoms with van der Waals surface area (Å²) >= 11 is 0. The van der Waals surface area contributed by atoms with Crippen LogP contribution in [-0.4, -0.2) is 24.8 Å². The summed E-state index contributed by atoms with van der Waals surface area (Å²) < 4.78 is 9.57. The van der Waals surface area contributed by atoms with Crippen LogP contribution in [0.2, 0.25) is 0 Å². The molecule has 1 rings (SSSR count). The lowest BCUT2D eigenvalue weighted by atomic mass is 10.2. The molecule has 4 nitrogen and oxygen atoms in total. The number of phenols is 1. The van der Waals surface area contributed by atoms with Crippen LogP contribution in [0.25, 0.3) is 0 Å². The summed E-state index contributed by atoms with van der Waals surface area (Å²) in [4.78, 5) is 11.2. The second-order valence-corrected chi connectivity index (χ2v) is 2.70. The molecule has 0 radical (unpaired) electrons. The number of benzene rings is 1. The summed E-state index contributed by atoms with van der Waals surface area (Å²) in [7, 11) is 1.26. The van der Waals surface area contributed by atoms with Gasteiger partial charge in [-0.2, -0.15) is 0 Å². The van der Waals surface area contributed by atoms with Crippen LogP contribution in [0, 0.1) is 12.3 Å². The van der Waals surface area contributed by atoms with Gasteiger partial charge in [0.25, 0.3) is 0 Å². The molecule has 78 valence electrons.